The average Bonchev–Trinajstić information content (AvgIpc) is 2.46. The third kappa shape index (κ3) is 8.69. The number of ether oxygens (including phenoxy) is 1. The number of rotatable bonds is 11. The molecule has 118 valence electrons. The van der Waals surface area contributed by atoms with Crippen LogP contribution in [0.5, 0.6) is 0 Å². The molecule has 2 nitrogen and oxygen atoms in total. The molecule has 0 amide bonds. The van der Waals surface area contributed by atoms with E-state index >= 15 is 0 Å². The molecule has 0 aromatic heterocycles. The molecular formula is C19H31NO. The third-order valence-corrected chi connectivity index (χ3v) is 3.79. The fourth-order valence-corrected chi connectivity index (χ4v) is 2.68. The molecule has 2 heteroatoms. The van der Waals surface area contributed by atoms with E-state index < -0.39 is 0 Å². The Kier molecular flexibility index (Phi) is 9.04. The van der Waals surface area contributed by atoms with Crippen LogP contribution in [0.25, 0.3) is 0 Å². The molecule has 21 heavy (non-hydrogen) atoms. The van der Waals surface area contributed by atoms with Crippen molar-refractivity contribution in [2.24, 2.45) is 11.8 Å². The lowest BCUT2D eigenvalue weighted by molar-refractivity contribution is 0.146. The van der Waals surface area contributed by atoms with Gasteiger partial charge in [-0.3, -0.25) is 0 Å². The van der Waals surface area contributed by atoms with E-state index in [9.17, 15) is 0 Å². The topological polar surface area (TPSA) is 21.3 Å². The maximum absolute atomic E-state index is 5.20. The van der Waals surface area contributed by atoms with Gasteiger partial charge in [0.05, 0.1) is 0 Å². The van der Waals surface area contributed by atoms with Gasteiger partial charge in [0.15, 0.2) is 0 Å². The van der Waals surface area contributed by atoms with Crippen LogP contribution in [0.4, 0.5) is 0 Å². The highest BCUT2D eigenvalue weighted by atomic mass is 16.5. The summed E-state index contributed by atoms with van der Waals surface area (Å²) in [7, 11) is 1.78. The van der Waals surface area contributed by atoms with Crippen LogP contribution < -0.4 is 5.32 Å². The van der Waals surface area contributed by atoms with Crippen molar-refractivity contribution in [3.63, 3.8) is 0 Å². The predicted octanol–water partition coefficient (Wildman–Crippen LogP) is 4.42. The summed E-state index contributed by atoms with van der Waals surface area (Å²) in [5, 5.41) is 3.47. The van der Waals surface area contributed by atoms with Crippen LogP contribution in [0.1, 0.15) is 38.7 Å². The van der Waals surface area contributed by atoms with Gasteiger partial charge in [-0.25, -0.2) is 0 Å². The molecule has 0 saturated heterocycles. The second-order valence-corrected chi connectivity index (χ2v) is 6.28. The standard InChI is InChI=1S/C19H31NO/c1-16(12-18(3)15-21-4)10-11-17(2)13-20-14-19-8-6-5-7-9-19/h5-9,16,18,20H,2,10-15H2,1,3-4H3. The van der Waals surface area contributed by atoms with E-state index in [2.05, 4.69) is 50.0 Å². The first-order chi connectivity index (χ1) is 10.1. The molecule has 2 atom stereocenters. The maximum Gasteiger partial charge on any atom is 0.0487 e. The Balaban J connectivity index is 2.10. The molecule has 2 unspecified atom stereocenters. The van der Waals surface area contributed by atoms with Crippen molar-refractivity contribution in [2.45, 2.75) is 39.7 Å². The number of benzene rings is 1. The number of methoxy groups -OCH3 is 1. The summed E-state index contributed by atoms with van der Waals surface area (Å²) in [5.74, 6) is 1.38. The Morgan fingerprint density at radius 2 is 1.90 bits per heavy atom. The van der Waals surface area contributed by atoms with Gasteiger partial charge in [-0.2, -0.15) is 0 Å². The molecule has 1 rings (SSSR count). The molecule has 0 fully saturated rings. The maximum atomic E-state index is 5.20. The van der Waals surface area contributed by atoms with Crippen molar-refractivity contribution in [3.05, 3.63) is 48.0 Å². The van der Waals surface area contributed by atoms with E-state index in [-0.39, 0.29) is 0 Å². The van der Waals surface area contributed by atoms with Gasteiger partial charge in [0.2, 0.25) is 0 Å². The van der Waals surface area contributed by atoms with E-state index in [1.165, 1.54) is 24.0 Å². The minimum atomic E-state index is 0.648. The summed E-state index contributed by atoms with van der Waals surface area (Å²) in [5.41, 5.74) is 2.63. The van der Waals surface area contributed by atoms with Crippen molar-refractivity contribution < 1.29 is 4.74 Å². The van der Waals surface area contributed by atoms with Crippen molar-refractivity contribution in [1.82, 2.24) is 5.32 Å². The monoisotopic (exact) mass is 289 g/mol. The number of nitrogens with one attached hydrogen (secondary N) is 1. The van der Waals surface area contributed by atoms with Crippen LogP contribution in [0, 0.1) is 11.8 Å². The van der Waals surface area contributed by atoms with E-state index in [1.807, 2.05) is 6.07 Å². The van der Waals surface area contributed by atoms with Crippen molar-refractivity contribution in [3.8, 4) is 0 Å². The predicted molar refractivity (Wildman–Crippen MR) is 91.3 cm³/mol. The molecule has 1 aromatic rings. The normalized spacial score (nSPS) is 13.9. The highest BCUT2D eigenvalue weighted by Gasteiger charge is 2.09. The molecule has 0 radical (unpaired) electrons. The molecule has 0 aliphatic rings. The third-order valence-electron chi connectivity index (χ3n) is 3.79. The number of hydrogen-bond acceptors (Lipinski definition) is 2. The Bertz CT molecular complexity index is 388. The van der Waals surface area contributed by atoms with Crippen molar-refractivity contribution >= 4 is 0 Å². The Morgan fingerprint density at radius 3 is 2.57 bits per heavy atom. The van der Waals surface area contributed by atoms with E-state index in [1.54, 1.807) is 7.11 Å². The first-order valence-electron chi connectivity index (χ1n) is 8.02. The van der Waals surface area contributed by atoms with Crippen molar-refractivity contribution in [1.29, 1.82) is 0 Å². The first-order valence-corrected chi connectivity index (χ1v) is 8.02. The summed E-state index contributed by atoms with van der Waals surface area (Å²) in [6, 6.07) is 10.5. The largest absolute Gasteiger partial charge is 0.384 e. The van der Waals surface area contributed by atoms with Gasteiger partial charge in [-0.1, -0.05) is 56.3 Å². The van der Waals surface area contributed by atoms with E-state index in [0.29, 0.717) is 5.92 Å². The Morgan fingerprint density at radius 1 is 1.19 bits per heavy atom. The van der Waals surface area contributed by atoms with Gasteiger partial charge in [0.1, 0.15) is 0 Å². The Labute approximate surface area is 130 Å². The lowest BCUT2D eigenvalue weighted by Crippen LogP contribution is -2.16. The highest BCUT2D eigenvalue weighted by molar-refractivity contribution is 5.14. The van der Waals surface area contributed by atoms with E-state index in [0.717, 1.165) is 32.0 Å². The van der Waals surface area contributed by atoms with Crippen LogP contribution in [0.3, 0.4) is 0 Å². The summed E-state index contributed by atoms with van der Waals surface area (Å²) < 4.78 is 5.20. The summed E-state index contributed by atoms with van der Waals surface area (Å²) in [4.78, 5) is 0. The quantitative estimate of drug-likeness (QED) is 0.609. The molecule has 0 aliphatic carbocycles. The molecule has 0 heterocycles. The average molecular weight is 289 g/mol. The van der Waals surface area contributed by atoms with Crippen molar-refractivity contribution in [2.75, 3.05) is 20.3 Å². The van der Waals surface area contributed by atoms with Crippen LogP contribution in [0.2, 0.25) is 0 Å². The summed E-state index contributed by atoms with van der Waals surface area (Å²) >= 11 is 0. The second kappa shape index (κ2) is 10.6. The van der Waals surface area contributed by atoms with Crippen LogP contribution in [0.15, 0.2) is 42.5 Å². The van der Waals surface area contributed by atoms with Gasteiger partial charge in [0.25, 0.3) is 0 Å². The highest BCUT2D eigenvalue weighted by Crippen LogP contribution is 2.19. The molecule has 1 aromatic carbocycles. The SMILES string of the molecule is C=C(CCC(C)CC(C)COC)CNCc1ccccc1. The molecule has 0 spiro atoms. The smallest absolute Gasteiger partial charge is 0.0487 e. The molecule has 0 aliphatic heterocycles. The first kappa shape index (κ1) is 17.9. The van der Waals surface area contributed by atoms with Gasteiger partial charge < -0.3 is 10.1 Å². The van der Waals surface area contributed by atoms with Gasteiger partial charge in [-0.05, 0) is 36.7 Å². The van der Waals surface area contributed by atoms with Crippen LogP contribution >= 0.6 is 0 Å². The minimum absolute atomic E-state index is 0.648. The van der Waals surface area contributed by atoms with Crippen LogP contribution in [-0.2, 0) is 11.3 Å². The Hall–Kier alpha value is -1.12. The minimum Gasteiger partial charge on any atom is -0.384 e. The van der Waals surface area contributed by atoms with Crippen LogP contribution in [-0.4, -0.2) is 20.3 Å². The molecule has 1 N–H and O–H groups in total. The fourth-order valence-electron chi connectivity index (χ4n) is 2.68. The van der Waals surface area contributed by atoms with Gasteiger partial charge in [0, 0.05) is 26.8 Å². The molecule has 0 bridgehead atoms. The van der Waals surface area contributed by atoms with Gasteiger partial charge >= 0.3 is 0 Å². The fraction of sp³-hybridized carbons (Fsp3) is 0.579. The molecular weight excluding hydrogens is 258 g/mol. The molecule has 0 saturated carbocycles. The lowest BCUT2D eigenvalue weighted by Gasteiger charge is -2.17. The number of hydrogen-bond donors (Lipinski definition) is 1. The zero-order valence-electron chi connectivity index (χ0n) is 13.9. The summed E-state index contributed by atoms with van der Waals surface area (Å²) in [6.07, 6.45) is 3.57. The van der Waals surface area contributed by atoms with Gasteiger partial charge in [-0.15, -0.1) is 0 Å². The second-order valence-electron chi connectivity index (χ2n) is 6.28. The van der Waals surface area contributed by atoms with E-state index in [4.69, 9.17) is 4.74 Å². The lowest BCUT2D eigenvalue weighted by atomic mass is 9.92. The zero-order chi connectivity index (χ0) is 15.5. The zero-order valence-corrected chi connectivity index (χ0v) is 13.9. The summed E-state index contributed by atoms with van der Waals surface area (Å²) in [6.45, 7) is 11.5.